The van der Waals surface area contributed by atoms with E-state index in [1.807, 2.05) is 13.8 Å². The molecule has 0 unspecified atom stereocenters. The molecule has 0 amide bonds. The van der Waals surface area contributed by atoms with Gasteiger partial charge in [0.05, 0.1) is 26.4 Å². The summed E-state index contributed by atoms with van der Waals surface area (Å²) in [6.07, 6.45) is 0. The lowest BCUT2D eigenvalue weighted by molar-refractivity contribution is 0.0604. The summed E-state index contributed by atoms with van der Waals surface area (Å²) >= 11 is 5.46. The van der Waals surface area contributed by atoms with Gasteiger partial charge in [0.15, 0.2) is 0 Å². The van der Waals surface area contributed by atoms with Crippen molar-refractivity contribution in [3.8, 4) is 0 Å². The molecule has 4 nitrogen and oxygen atoms in total. The molecule has 0 saturated carbocycles. The first-order chi connectivity index (χ1) is 6.73. The number of nitrogens with zero attached hydrogens (tertiary/aromatic N) is 1. The summed E-state index contributed by atoms with van der Waals surface area (Å²) in [4.78, 5) is 0. The summed E-state index contributed by atoms with van der Waals surface area (Å²) in [5.41, 5.74) is 0. The number of rotatable bonds is 5. The van der Waals surface area contributed by atoms with Gasteiger partial charge < -0.3 is 13.8 Å². The second kappa shape index (κ2) is 6.16. The third kappa shape index (κ3) is 3.26. The van der Waals surface area contributed by atoms with E-state index in [9.17, 15) is 0 Å². The fourth-order valence-electron chi connectivity index (χ4n) is 1.33. The largest absolute Gasteiger partial charge is 0.379 e. The molecule has 0 aromatic heterocycles. The number of hydrogen-bond acceptors (Lipinski definition) is 4. The summed E-state index contributed by atoms with van der Waals surface area (Å²) in [5, 5.41) is 0. The van der Waals surface area contributed by atoms with Gasteiger partial charge in [-0.3, -0.25) is 0 Å². The zero-order valence-corrected chi connectivity index (χ0v) is 10.5. The summed E-state index contributed by atoms with van der Waals surface area (Å²) in [5.74, 6) is 0. The predicted octanol–water partition coefficient (Wildman–Crippen LogP) is 1.62. The number of ether oxygens (including phenoxy) is 1. The Bertz CT molecular complexity index is 199. The summed E-state index contributed by atoms with van der Waals surface area (Å²) < 4.78 is 18.5. The van der Waals surface area contributed by atoms with Crippen molar-refractivity contribution in [1.82, 2.24) is 4.67 Å². The molecule has 1 rings (SSSR count). The smallest absolute Gasteiger partial charge is 0.264 e. The van der Waals surface area contributed by atoms with Gasteiger partial charge in [0.25, 0.3) is 6.64 Å². The Labute approximate surface area is 90.7 Å². The average Bonchev–Trinajstić information content (AvgIpc) is 2.20. The maximum Gasteiger partial charge on any atom is 0.264 e. The van der Waals surface area contributed by atoms with Crippen LogP contribution >= 0.6 is 6.64 Å². The zero-order chi connectivity index (χ0) is 10.4. The van der Waals surface area contributed by atoms with Crippen LogP contribution in [0.15, 0.2) is 0 Å². The van der Waals surface area contributed by atoms with Gasteiger partial charge in [0.1, 0.15) is 0 Å². The predicted molar refractivity (Wildman–Crippen MR) is 59.9 cm³/mol. The van der Waals surface area contributed by atoms with E-state index in [1.165, 1.54) is 0 Å². The Morgan fingerprint density at radius 3 is 2.14 bits per heavy atom. The van der Waals surface area contributed by atoms with Gasteiger partial charge in [-0.2, -0.15) is 0 Å². The first kappa shape index (κ1) is 12.6. The molecule has 6 heteroatoms. The molecule has 1 saturated heterocycles. The van der Waals surface area contributed by atoms with Crippen molar-refractivity contribution >= 4 is 18.4 Å². The van der Waals surface area contributed by atoms with Gasteiger partial charge in [0, 0.05) is 13.1 Å². The Hall–Kier alpha value is 0.490. The van der Waals surface area contributed by atoms with Crippen LogP contribution in [0.5, 0.6) is 0 Å². The lowest BCUT2D eigenvalue weighted by Crippen LogP contribution is -2.35. The molecule has 0 spiro atoms. The maximum absolute atomic E-state index is 5.58. The second-order valence-electron chi connectivity index (χ2n) is 2.87. The molecule has 0 aromatic carbocycles. The van der Waals surface area contributed by atoms with Gasteiger partial charge >= 0.3 is 0 Å². The lowest BCUT2D eigenvalue weighted by Gasteiger charge is -2.35. The van der Waals surface area contributed by atoms with Crippen molar-refractivity contribution in [2.75, 3.05) is 39.5 Å². The maximum atomic E-state index is 5.58. The fourth-order valence-corrected chi connectivity index (χ4v) is 4.15. The van der Waals surface area contributed by atoms with E-state index < -0.39 is 6.64 Å². The van der Waals surface area contributed by atoms with Gasteiger partial charge in [-0.15, -0.1) is 0 Å². The highest BCUT2D eigenvalue weighted by molar-refractivity contribution is 8.08. The van der Waals surface area contributed by atoms with Crippen molar-refractivity contribution < 1.29 is 13.8 Å². The first-order valence-corrected chi connectivity index (χ1v) is 7.54. The van der Waals surface area contributed by atoms with Crippen molar-refractivity contribution in [3.05, 3.63) is 0 Å². The van der Waals surface area contributed by atoms with Crippen LogP contribution in [0.2, 0.25) is 0 Å². The molecule has 0 radical (unpaired) electrons. The van der Waals surface area contributed by atoms with Crippen LogP contribution in [0.1, 0.15) is 13.8 Å². The van der Waals surface area contributed by atoms with E-state index in [0.29, 0.717) is 13.2 Å². The minimum atomic E-state index is -2.21. The van der Waals surface area contributed by atoms with E-state index in [4.69, 9.17) is 25.6 Å². The van der Waals surface area contributed by atoms with Crippen LogP contribution in [0, 0.1) is 0 Å². The summed E-state index contributed by atoms with van der Waals surface area (Å²) in [6, 6.07) is 0. The topological polar surface area (TPSA) is 30.9 Å². The van der Waals surface area contributed by atoms with Crippen LogP contribution in [0.3, 0.4) is 0 Å². The monoisotopic (exact) mass is 239 g/mol. The van der Waals surface area contributed by atoms with Gasteiger partial charge in [-0.1, -0.05) is 0 Å². The number of morpholine rings is 1. The molecule has 1 fully saturated rings. The lowest BCUT2D eigenvalue weighted by atomic mass is 10.5. The van der Waals surface area contributed by atoms with Crippen LogP contribution in [0.4, 0.5) is 0 Å². The molecule has 1 heterocycles. The van der Waals surface area contributed by atoms with Crippen molar-refractivity contribution in [2.24, 2.45) is 0 Å². The highest BCUT2D eigenvalue weighted by Crippen LogP contribution is 2.52. The van der Waals surface area contributed by atoms with E-state index in [0.717, 1.165) is 26.3 Å². The zero-order valence-electron chi connectivity index (χ0n) is 8.77. The van der Waals surface area contributed by atoms with Gasteiger partial charge in [-0.25, -0.2) is 4.67 Å². The third-order valence-corrected chi connectivity index (χ3v) is 5.51. The molecule has 0 atom stereocenters. The highest BCUT2D eigenvalue weighted by atomic mass is 32.5. The van der Waals surface area contributed by atoms with Crippen molar-refractivity contribution in [2.45, 2.75) is 13.8 Å². The molecule has 0 bridgehead atoms. The Morgan fingerprint density at radius 1 is 1.21 bits per heavy atom. The molecule has 1 aliphatic rings. The molecule has 0 aromatic rings. The normalized spacial score (nSPS) is 19.9. The minimum absolute atomic E-state index is 0.606. The van der Waals surface area contributed by atoms with Gasteiger partial charge in [0.2, 0.25) is 0 Å². The fraction of sp³-hybridized carbons (Fsp3) is 1.00. The van der Waals surface area contributed by atoms with Crippen LogP contribution in [0.25, 0.3) is 0 Å². The standard InChI is InChI=1S/C8H18NO3PS/c1-3-11-13(14,12-4-2)9-5-7-10-8-6-9/h3-8H2,1-2H3. The summed E-state index contributed by atoms with van der Waals surface area (Å²) in [7, 11) is 0. The molecule has 14 heavy (non-hydrogen) atoms. The molecule has 1 aliphatic heterocycles. The Morgan fingerprint density at radius 2 is 1.71 bits per heavy atom. The van der Waals surface area contributed by atoms with Crippen LogP contribution in [-0.4, -0.2) is 44.2 Å². The molecule has 0 aliphatic carbocycles. The second-order valence-corrected chi connectivity index (χ2v) is 6.27. The van der Waals surface area contributed by atoms with Gasteiger partial charge in [-0.05, 0) is 25.7 Å². The molecule has 0 N–H and O–H groups in total. The summed E-state index contributed by atoms with van der Waals surface area (Å²) in [6.45, 7) is 5.97. The highest BCUT2D eigenvalue weighted by Gasteiger charge is 2.28. The first-order valence-electron chi connectivity index (χ1n) is 4.95. The quantitative estimate of drug-likeness (QED) is 0.680. The van der Waals surface area contributed by atoms with Crippen LogP contribution < -0.4 is 0 Å². The molecule has 84 valence electrons. The number of hydrogen-bond donors (Lipinski definition) is 0. The third-order valence-electron chi connectivity index (χ3n) is 1.92. The van der Waals surface area contributed by atoms with E-state index in [2.05, 4.69) is 4.67 Å². The molecular weight excluding hydrogens is 221 g/mol. The SMILES string of the molecule is CCOP(=S)(OCC)N1CCOCC1. The van der Waals surface area contributed by atoms with E-state index in [-0.39, 0.29) is 0 Å². The Kier molecular flexibility index (Phi) is 5.52. The molecular formula is C8H18NO3PS. The van der Waals surface area contributed by atoms with Crippen molar-refractivity contribution in [1.29, 1.82) is 0 Å². The van der Waals surface area contributed by atoms with E-state index >= 15 is 0 Å². The van der Waals surface area contributed by atoms with E-state index in [1.54, 1.807) is 0 Å². The van der Waals surface area contributed by atoms with Crippen molar-refractivity contribution in [3.63, 3.8) is 0 Å². The Balaban J connectivity index is 2.59. The van der Waals surface area contributed by atoms with Crippen LogP contribution in [-0.2, 0) is 25.6 Å². The minimum Gasteiger partial charge on any atom is -0.379 e. The average molecular weight is 239 g/mol.